The minimum absolute atomic E-state index is 0.00220. The predicted molar refractivity (Wildman–Crippen MR) is 100 cm³/mol. The summed E-state index contributed by atoms with van der Waals surface area (Å²) in [6, 6.07) is 7.72. The molecule has 0 amide bonds. The lowest BCUT2D eigenvalue weighted by Gasteiger charge is -2.13. The van der Waals surface area contributed by atoms with E-state index in [1.54, 1.807) is 19.1 Å². The Kier molecular flexibility index (Phi) is 5.73. The highest BCUT2D eigenvalue weighted by Crippen LogP contribution is 2.31. The smallest absolute Gasteiger partial charge is 0.264 e. The van der Waals surface area contributed by atoms with Crippen LogP contribution in [0.3, 0.4) is 0 Å². The van der Waals surface area contributed by atoms with E-state index in [9.17, 15) is 8.42 Å². The van der Waals surface area contributed by atoms with Gasteiger partial charge in [0, 0.05) is 6.20 Å². The molecule has 0 unspecified atom stereocenters. The molecule has 140 valence electrons. The van der Waals surface area contributed by atoms with Gasteiger partial charge in [0.25, 0.3) is 15.9 Å². The van der Waals surface area contributed by atoms with Gasteiger partial charge in [0.1, 0.15) is 17.2 Å². The molecule has 27 heavy (non-hydrogen) atoms. The van der Waals surface area contributed by atoms with Gasteiger partial charge in [0.05, 0.1) is 21.9 Å². The van der Waals surface area contributed by atoms with E-state index < -0.39 is 10.0 Å². The fourth-order valence-electron chi connectivity index (χ4n) is 2.05. The monoisotopic (exact) mass is 425 g/mol. The van der Waals surface area contributed by atoms with E-state index in [-0.39, 0.29) is 33.2 Å². The number of ether oxygens (including phenoxy) is 1. The van der Waals surface area contributed by atoms with Crippen LogP contribution in [0.15, 0.2) is 47.6 Å². The Bertz CT molecular complexity index is 1060. The van der Waals surface area contributed by atoms with Crippen molar-refractivity contribution in [3.8, 4) is 5.88 Å². The molecule has 0 aliphatic carbocycles. The number of benzene rings is 1. The van der Waals surface area contributed by atoms with Crippen LogP contribution in [0.1, 0.15) is 11.4 Å². The molecule has 0 atom stereocenters. The van der Waals surface area contributed by atoms with Crippen molar-refractivity contribution in [1.29, 1.82) is 0 Å². The van der Waals surface area contributed by atoms with Gasteiger partial charge in [-0.2, -0.15) is 10.2 Å². The van der Waals surface area contributed by atoms with Crippen molar-refractivity contribution in [3.63, 3.8) is 0 Å². The quantitative estimate of drug-likeness (QED) is 0.645. The van der Waals surface area contributed by atoms with Crippen molar-refractivity contribution < 1.29 is 13.2 Å². The van der Waals surface area contributed by atoms with Gasteiger partial charge in [-0.3, -0.25) is 4.72 Å². The average molecular weight is 426 g/mol. The van der Waals surface area contributed by atoms with Gasteiger partial charge in [-0.15, -0.1) is 0 Å². The van der Waals surface area contributed by atoms with E-state index in [0.29, 0.717) is 11.4 Å². The van der Waals surface area contributed by atoms with E-state index in [0.717, 1.165) is 0 Å². The Morgan fingerprint density at radius 1 is 1.19 bits per heavy atom. The van der Waals surface area contributed by atoms with Gasteiger partial charge in [0.2, 0.25) is 5.82 Å². The maximum Gasteiger partial charge on any atom is 0.264 e. The fraction of sp³-hybridized carbons (Fsp3) is 0.125. The standard InChI is InChI=1S/C16H13Cl2N5O3S/c1-10-8-19-15(16(21-10)26-9-11-4-3-7-20-22-11)23-27(24,25)13-6-2-5-12(17)14(13)18/h2-8H,9H2,1H3,(H,19,23). The number of nitrogens with one attached hydrogen (secondary N) is 1. The molecule has 1 N–H and O–H groups in total. The summed E-state index contributed by atoms with van der Waals surface area (Å²) < 4.78 is 33.3. The molecule has 0 aliphatic heterocycles. The topological polar surface area (TPSA) is 107 Å². The summed E-state index contributed by atoms with van der Waals surface area (Å²) in [4.78, 5) is 8.07. The van der Waals surface area contributed by atoms with Gasteiger partial charge >= 0.3 is 0 Å². The second-order valence-electron chi connectivity index (χ2n) is 5.33. The van der Waals surface area contributed by atoms with E-state index in [2.05, 4.69) is 24.9 Å². The molecule has 3 aromatic rings. The zero-order valence-corrected chi connectivity index (χ0v) is 16.3. The summed E-state index contributed by atoms with van der Waals surface area (Å²) in [6.07, 6.45) is 2.94. The number of nitrogens with zero attached hydrogens (tertiary/aromatic N) is 4. The van der Waals surface area contributed by atoms with Crippen LogP contribution in [0.25, 0.3) is 0 Å². The van der Waals surface area contributed by atoms with Crippen LogP contribution in [-0.2, 0) is 16.6 Å². The SMILES string of the molecule is Cc1cnc(NS(=O)(=O)c2cccc(Cl)c2Cl)c(OCc2cccnn2)n1. The zero-order chi connectivity index (χ0) is 19.4. The molecule has 0 aliphatic rings. The van der Waals surface area contributed by atoms with Crippen LogP contribution in [0.4, 0.5) is 5.82 Å². The third kappa shape index (κ3) is 4.62. The summed E-state index contributed by atoms with van der Waals surface area (Å²) in [5, 5.41) is 7.67. The largest absolute Gasteiger partial charge is 0.468 e. The number of hydrogen-bond acceptors (Lipinski definition) is 7. The summed E-state index contributed by atoms with van der Waals surface area (Å²) in [6.45, 7) is 1.74. The lowest BCUT2D eigenvalue weighted by atomic mass is 10.4. The van der Waals surface area contributed by atoms with Crippen LogP contribution in [0.2, 0.25) is 10.0 Å². The Morgan fingerprint density at radius 2 is 2.00 bits per heavy atom. The number of sulfonamides is 1. The van der Waals surface area contributed by atoms with E-state index in [1.807, 2.05) is 0 Å². The first kappa shape index (κ1) is 19.3. The van der Waals surface area contributed by atoms with E-state index in [4.69, 9.17) is 27.9 Å². The van der Waals surface area contributed by atoms with Crippen molar-refractivity contribution in [1.82, 2.24) is 20.2 Å². The molecule has 2 heterocycles. The molecule has 3 rings (SSSR count). The lowest BCUT2D eigenvalue weighted by Crippen LogP contribution is -2.16. The predicted octanol–water partition coefficient (Wildman–Crippen LogP) is 3.26. The lowest BCUT2D eigenvalue weighted by molar-refractivity contribution is 0.288. The molecule has 2 aromatic heterocycles. The summed E-state index contributed by atoms with van der Waals surface area (Å²) in [5.74, 6) is -0.0806. The third-order valence-electron chi connectivity index (χ3n) is 3.28. The average Bonchev–Trinajstić information content (AvgIpc) is 2.64. The first-order valence-electron chi connectivity index (χ1n) is 7.56. The van der Waals surface area contributed by atoms with E-state index >= 15 is 0 Å². The molecule has 11 heteroatoms. The molecular weight excluding hydrogens is 413 g/mol. The van der Waals surface area contributed by atoms with Gasteiger partial charge in [-0.25, -0.2) is 18.4 Å². The highest BCUT2D eigenvalue weighted by molar-refractivity contribution is 7.92. The Hall–Kier alpha value is -2.49. The van der Waals surface area contributed by atoms with E-state index in [1.165, 1.54) is 30.6 Å². The molecule has 0 bridgehead atoms. The normalized spacial score (nSPS) is 11.2. The number of aromatic nitrogens is 4. The maximum absolute atomic E-state index is 12.7. The van der Waals surface area contributed by atoms with Crippen LogP contribution in [-0.4, -0.2) is 28.6 Å². The second-order valence-corrected chi connectivity index (χ2v) is 7.76. The molecule has 0 fully saturated rings. The van der Waals surface area contributed by atoms with Gasteiger partial charge in [-0.05, 0) is 31.2 Å². The van der Waals surface area contributed by atoms with Crippen LogP contribution < -0.4 is 9.46 Å². The summed E-state index contributed by atoms with van der Waals surface area (Å²) in [7, 11) is -4.06. The molecule has 1 aromatic carbocycles. The second kappa shape index (κ2) is 8.03. The first-order chi connectivity index (χ1) is 12.9. The Balaban J connectivity index is 1.89. The Morgan fingerprint density at radius 3 is 2.74 bits per heavy atom. The van der Waals surface area contributed by atoms with Crippen LogP contribution in [0.5, 0.6) is 5.88 Å². The third-order valence-corrected chi connectivity index (χ3v) is 5.59. The minimum atomic E-state index is -4.06. The number of aryl methyl sites for hydroxylation is 1. The minimum Gasteiger partial charge on any atom is -0.468 e. The summed E-state index contributed by atoms with van der Waals surface area (Å²) in [5.41, 5.74) is 1.10. The molecule has 0 spiro atoms. The summed E-state index contributed by atoms with van der Waals surface area (Å²) >= 11 is 11.9. The highest BCUT2D eigenvalue weighted by Gasteiger charge is 2.22. The number of hydrogen-bond donors (Lipinski definition) is 1. The van der Waals surface area contributed by atoms with Crippen molar-refractivity contribution in [2.24, 2.45) is 0 Å². The number of anilines is 1. The zero-order valence-electron chi connectivity index (χ0n) is 13.9. The van der Waals surface area contributed by atoms with Crippen LogP contribution >= 0.6 is 23.2 Å². The Labute approximate surface area is 165 Å². The molecule has 0 radical (unpaired) electrons. The molecule has 0 saturated heterocycles. The van der Waals surface area contributed by atoms with Gasteiger partial charge in [0.15, 0.2) is 0 Å². The van der Waals surface area contributed by atoms with Gasteiger partial charge in [-0.1, -0.05) is 29.3 Å². The molecule has 8 nitrogen and oxygen atoms in total. The maximum atomic E-state index is 12.7. The van der Waals surface area contributed by atoms with Crippen LogP contribution in [0, 0.1) is 6.92 Å². The molecular formula is C16H13Cl2N5O3S. The van der Waals surface area contributed by atoms with Crippen molar-refractivity contribution in [2.75, 3.05) is 4.72 Å². The fourth-order valence-corrected chi connectivity index (χ4v) is 3.82. The van der Waals surface area contributed by atoms with Gasteiger partial charge < -0.3 is 4.74 Å². The van der Waals surface area contributed by atoms with Crippen molar-refractivity contribution in [3.05, 3.63) is 64.2 Å². The highest BCUT2D eigenvalue weighted by atomic mass is 35.5. The number of rotatable bonds is 6. The van der Waals surface area contributed by atoms with Crippen molar-refractivity contribution >= 4 is 39.0 Å². The molecule has 0 saturated carbocycles. The van der Waals surface area contributed by atoms with Crippen molar-refractivity contribution in [2.45, 2.75) is 18.4 Å². The first-order valence-corrected chi connectivity index (χ1v) is 9.80. The number of halogens is 2.